The predicted molar refractivity (Wildman–Crippen MR) is 77.5 cm³/mol. The van der Waals surface area contributed by atoms with Crippen LogP contribution < -0.4 is 10.6 Å². The smallest absolute Gasteiger partial charge is 0.166 e. The average Bonchev–Trinajstić information content (AvgIpc) is 2.29. The van der Waals surface area contributed by atoms with E-state index in [1.54, 1.807) is 7.11 Å². The first-order chi connectivity index (χ1) is 8.13. The van der Waals surface area contributed by atoms with Crippen LogP contribution in [0.2, 0.25) is 0 Å². The third-order valence-electron chi connectivity index (χ3n) is 2.63. The Hall–Kier alpha value is -0.390. The number of hydrogen-bond acceptors (Lipinski definition) is 3. The number of ether oxygens (including phenoxy) is 1. The second kappa shape index (κ2) is 10.7. The molecule has 0 saturated carbocycles. The van der Waals surface area contributed by atoms with Crippen molar-refractivity contribution < 1.29 is 4.74 Å². The van der Waals surface area contributed by atoms with E-state index in [9.17, 15) is 0 Å². The van der Waals surface area contributed by atoms with E-state index in [1.165, 1.54) is 0 Å². The van der Waals surface area contributed by atoms with Crippen LogP contribution in [0.4, 0.5) is 0 Å². The molecule has 1 unspecified atom stereocenters. The SMILES string of the molecule is CCN(CC)CCCNC(=S)NC(C)COC. The molecule has 102 valence electrons. The Kier molecular flexibility index (Phi) is 10.5. The van der Waals surface area contributed by atoms with Gasteiger partial charge in [-0.15, -0.1) is 0 Å². The van der Waals surface area contributed by atoms with Crippen molar-refractivity contribution in [3.8, 4) is 0 Å². The summed E-state index contributed by atoms with van der Waals surface area (Å²) in [5, 5.41) is 7.11. The highest BCUT2D eigenvalue weighted by Crippen LogP contribution is 1.89. The van der Waals surface area contributed by atoms with E-state index in [0.717, 1.165) is 32.6 Å². The molecule has 0 aliphatic carbocycles. The Morgan fingerprint density at radius 3 is 2.53 bits per heavy atom. The fourth-order valence-electron chi connectivity index (χ4n) is 1.61. The molecule has 0 heterocycles. The van der Waals surface area contributed by atoms with E-state index in [-0.39, 0.29) is 6.04 Å². The molecular weight excluding hydrogens is 234 g/mol. The molecule has 0 aromatic carbocycles. The zero-order valence-corrected chi connectivity index (χ0v) is 12.4. The summed E-state index contributed by atoms with van der Waals surface area (Å²) >= 11 is 5.19. The van der Waals surface area contributed by atoms with Crippen molar-refractivity contribution in [3.63, 3.8) is 0 Å². The molecule has 0 bridgehead atoms. The molecule has 0 rings (SSSR count). The molecule has 0 spiro atoms. The third kappa shape index (κ3) is 9.32. The molecule has 0 saturated heterocycles. The van der Waals surface area contributed by atoms with Crippen molar-refractivity contribution in [2.45, 2.75) is 33.2 Å². The molecule has 0 aliphatic rings. The Bertz CT molecular complexity index is 198. The zero-order chi connectivity index (χ0) is 13.1. The Morgan fingerprint density at radius 1 is 1.35 bits per heavy atom. The molecule has 1 atom stereocenters. The second-order valence-corrected chi connectivity index (χ2v) is 4.55. The van der Waals surface area contributed by atoms with Crippen molar-refractivity contribution in [1.82, 2.24) is 15.5 Å². The van der Waals surface area contributed by atoms with Crippen LogP contribution >= 0.6 is 12.2 Å². The zero-order valence-electron chi connectivity index (χ0n) is 11.6. The highest BCUT2D eigenvalue weighted by molar-refractivity contribution is 7.80. The molecular formula is C12H27N3OS. The van der Waals surface area contributed by atoms with Gasteiger partial charge >= 0.3 is 0 Å². The van der Waals surface area contributed by atoms with E-state index >= 15 is 0 Å². The van der Waals surface area contributed by atoms with Crippen LogP contribution in [0.5, 0.6) is 0 Å². The van der Waals surface area contributed by atoms with Crippen molar-refractivity contribution in [1.29, 1.82) is 0 Å². The van der Waals surface area contributed by atoms with Gasteiger partial charge in [0.1, 0.15) is 0 Å². The van der Waals surface area contributed by atoms with Gasteiger partial charge in [-0.3, -0.25) is 0 Å². The maximum absolute atomic E-state index is 5.19. The Morgan fingerprint density at radius 2 is 2.00 bits per heavy atom. The topological polar surface area (TPSA) is 36.5 Å². The summed E-state index contributed by atoms with van der Waals surface area (Å²) in [5.74, 6) is 0. The minimum Gasteiger partial charge on any atom is -0.383 e. The van der Waals surface area contributed by atoms with Crippen molar-refractivity contribution in [2.75, 3.05) is 39.9 Å². The monoisotopic (exact) mass is 261 g/mol. The standard InChI is InChI=1S/C12H27N3OS/c1-5-15(6-2)9-7-8-13-12(17)14-11(3)10-16-4/h11H,5-10H2,1-4H3,(H2,13,14,17). The summed E-state index contributed by atoms with van der Waals surface area (Å²) < 4.78 is 5.03. The van der Waals surface area contributed by atoms with Gasteiger partial charge < -0.3 is 20.3 Å². The highest BCUT2D eigenvalue weighted by Gasteiger charge is 2.03. The Balaban J connectivity index is 3.51. The van der Waals surface area contributed by atoms with Gasteiger partial charge in [-0.2, -0.15) is 0 Å². The first-order valence-electron chi connectivity index (χ1n) is 6.39. The third-order valence-corrected chi connectivity index (χ3v) is 2.89. The number of nitrogens with zero attached hydrogens (tertiary/aromatic N) is 1. The average molecular weight is 261 g/mol. The lowest BCUT2D eigenvalue weighted by Crippen LogP contribution is -2.43. The van der Waals surface area contributed by atoms with E-state index in [2.05, 4.69) is 29.4 Å². The number of methoxy groups -OCH3 is 1. The highest BCUT2D eigenvalue weighted by atomic mass is 32.1. The fourth-order valence-corrected chi connectivity index (χ4v) is 1.91. The lowest BCUT2D eigenvalue weighted by molar-refractivity contribution is 0.179. The molecule has 0 amide bonds. The van der Waals surface area contributed by atoms with Gasteiger partial charge in [0.05, 0.1) is 6.61 Å². The van der Waals surface area contributed by atoms with Crippen LogP contribution in [0.3, 0.4) is 0 Å². The summed E-state index contributed by atoms with van der Waals surface area (Å²) in [5.41, 5.74) is 0. The summed E-state index contributed by atoms with van der Waals surface area (Å²) in [7, 11) is 1.69. The number of rotatable bonds is 9. The van der Waals surface area contributed by atoms with E-state index < -0.39 is 0 Å². The maximum atomic E-state index is 5.19. The van der Waals surface area contributed by atoms with E-state index in [1.807, 2.05) is 6.92 Å². The number of thiocarbonyl (C=S) groups is 1. The predicted octanol–water partition coefficient (Wildman–Crippen LogP) is 1.22. The van der Waals surface area contributed by atoms with E-state index in [4.69, 9.17) is 17.0 Å². The first kappa shape index (κ1) is 16.6. The lowest BCUT2D eigenvalue weighted by Gasteiger charge is -2.19. The van der Waals surface area contributed by atoms with Gasteiger partial charge in [-0.1, -0.05) is 13.8 Å². The number of hydrogen-bond donors (Lipinski definition) is 2. The van der Waals surface area contributed by atoms with Gasteiger partial charge in [-0.05, 0) is 45.2 Å². The van der Waals surface area contributed by atoms with Crippen molar-refractivity contribution >= 4 is 17.3 Å². The van der Waals surface area contributed by atoms with Gasteiger partial charge in [0.15, 0.2) is 5.11 Å². The van der Waals surface area contributed by atoms with Gasteiger partial charge in [0, 0.05) is 19.7 Å². The maximum Gasteiger partial charge on any atom is 0.166 e. The molecule has 5 heteroatoms. The van der Waals surface area contributed by atoms with Crippen molar-refractivity contribution in [3.05, 3.63) is 0 Å². The van der Waals surface area contributed by atoms with Crippen LogP contribution in [0, 0.1) is 0 Å². The molecule has 0 radical (unpaired) electrons. The summed E-state index contributed by atoms with van der Waals surface area (Å²) in [6, 6.07) is 0.253. The first-order valence-corrected chi connectivity index (χ1v) is 6.80. The van der Waals surface area contributed by atoms with E-state index in [0.29, 0.717) is 11.7 Å². The van der Waals surface area contributed by atoms with Gasteiger partial charge in [0.25, 0.3) is 0 Å². The normalized spacial score (nSPS) is 12.5. The quantitative estimate of drug-likeness (QED) is 0.482. The molecule has 0 fully saturated rings. The summed E-state index contributed by atoms with van der Waals surface area (Å²) in [6.45, 7) is 11.4. The summed E-state index contributed by atoms with van der Waals surface area (Å²) in [6.07, 6.45) is 1.11. The number of nitrogens with one attached hydrogen (secondary N) is 2. The Labute approximate surface area is 111 Å². The molecule has 0 aliphatic heterocycles. The van der Waals surface area contributed by atoms with Crippen LogP contribution in [-0.2, 0) is 4.74 Å². The minimum absolute atomic E-state index is 0.253. The van der Waals surface area contributed by atoms with Crippen LogP contribution in [0.25, 0.3) is 0 Å². The van der Waals surface area contributed by atoms with Crippen LogP contribution in [0.1, 0.15) is 27.2 Å². The minimum atomic E-state index is 0.253. The largest absolute Gasteiger partial charge is 0.383 e. The van der Waals surface area contributed by atoms with Gasteiger partial charge in [-0.25, -0.2) is 0 Å². The van der Waals surface area contributed by atoms with Gasteiger partial charge in [0.2, 0.25) is 0 Å². The second-order valence-electron chi connectivity index (χ2n) is 4.14. The molecule has 0 aromatic rings. The molecule has 17 heavy (non-hydrogen) atoms. The molecule has 2 N–H and O–H groups in total. The fraction of sp³-hybridized carbons (Fsp3) is 0.917. The van der Waals surface area contributed by atoms with Crippen molar-refractivity contribution in [2.24, 2.45) is 0 Å². The summed E-state index contributed by atoms with van der Waals surface area (Å²) in [4.78, 5) is 2.41. The molecule has 4 nitrogen and oxygen atoms in total. The molecule has 0 aromatic heterocycles. The van der Waals surface area contributed by atoms with Crippen LogP contribution in [-0.4, -0.2) is 55.9 Å². The lowest BCUT2D eigenvalue weighted by atomic mass is 10.3. The van der Waals surface area contributed by atoms with Crippen LogP contribution in [0.15, 0.2) is 0 Å².